The van der Waals surface area contributed by atoms with Gasteiger partial charge in [0.05, 0.1) is 5.69 Å². The van der Waals surface area contributed by atoms with Crippen LogP contribution in [0.3, 0.4) is 0 Å². The number of carbonyl (C=O) groups excluding carboxylic acids is 1. The van der Waals surface area contributed by atoms with Gasteiger partial charge in [0.15, 0.2) is 0 Å². The van der Waals surface area contributed by atoms with Crippen LogP contribution in [0.5, 0.6) is 0 Å². The molecule has 4 rings (SSSR count). The van der Waals surface area contributed by atoms with Crippen molar-refractivity contribution in [2.24, 2.45) is 0 Å². The van der Waals surface area contributed by atoms with Gasteiger partial charge in [-0.25, -0.2) is 9.37 Å². The van der Waals surface area contributed by atoms with Crippen molar-refractivity contribution >= 4 is 11.7 Å². The largest absolute Gasteiger partial charge is 0.396 e. The highest BCUT2D eigenvalue weighted by Crippen LogP contribution is 2.40. The van der Waals surface area contributed by atoms with Gasteiger partial charge in [-0.2, -0.15) is 0 Å². The van der Waals surface area contributed by atoms with Crippen LogP contribution < -0.4 is 4.90 Å². The lowest BCUT2D eigenvalue weighted by Crippen LogP contribution is -2.47. The Kier molecular flexibility index (Phi) is 5.41. The van der Waals surface area contributed by atoms with Crippen LogP contribution in [-0.4, -0.2) is 29.1 Å². The molecule has 1 saturated heterocycles. The van der Waals surface area contributed by atoms with Gasteiger partial charge < -0.3 is 5.11 Å². The van der Waals surface area contributed by atoms with Gasteiger partial charge in [0.1, 0.15) is 11.6 Å². The van der Waals surface area contributed by atoms with E-state index in [4.69, 9.17) is 0 Å². The van der Waals surface area contributed by atoms with E-state index in [-0.39, 0.29) is 23.7 Å². The molecule has 0 bridgehead atoms. The van der Waals surface area contributed by atoms with E-state index in [0.717, 1.165) is 17.5 Å². The lowest BCUT2D eigenvalue weighted by atomic mass is 9.70. The molecule has 1 atom stereocenters. The molecular formula is C24H23FN2O2. The molecular weight excluding hydrogens is 367 g/mol. The summed E-state index contributed by atoms with van der Waals surface area (Å²) in [4.78, 5) is 19.5. The van der Waals surface area contributed by atoms with Gasteiger partial charge >= 0.3 is 0 Å². The molecule has 1 amide bonds. The molecule has 1 aliphatic rings. The third-order valence-electron chi connectivity index (χ3n) is 5.73. The lowest BCUT2D eigenvalue weighted by Gasteiger charge is -2.41. The first-order valence-corrected chi connectivity index (χ1v) is 9.81. The number of pyridine rings is 1. The molecule has 0 radical (unpaired) electrons. The predicted molar refractivity (Wildman–Crippen MR) is 111 cm³/mol. The number of anilines is 1. The first-order chi connectivity index (χ1) is 14.1. The number of aliphatic hydroxyl groups excluding tert-OH is 1. The molecule has 148 valence electrons. The summed E-state index contributed by atoms with van der Waals surface area (Å²) in [6, 6.07) is 21.7. The van der Waals surface area contributed by atoms with E-state index in [1.807, 2.05) is 48.5 Å². The number of aliphatic hydroxyl groups is 1. The smallest absolute Gasteiger partial charge is 0.229 e. The second-order valence-electron chi connectivity index (χ2n) is 7.48. The van der Waals surface area contributed by atoms with Crippen LogP contribution in [0.2, 0.25) is 0 Å². The number of rotatable bonds is 5. The SMILES string of the molecule is O=C1C[C@@](CCO)(c2ccccc2)CCN1c1cccc(-c2ccc(F)cc2)n1. The topological polar surface area (TPSA) is 53.4 Å². The highest BCUT2D eigenvalue weighted by Gasteiger charge is 2.40. The number of carbonyl (C=O) groups is 1. The summed E-state index contributed by atoms with van der Waals surface area (Å²) < 4.78 is 13.2. The number of hydrogen-bond acceptors (Lipinski definition) is 3. The van der Waals surface area contributed by atoms with Crippen molar-refractivity contribution < 1.29 is 14.3 Å². The average molecular weight is 390 g/mol. The van der Waals surface area contributed by atoms with Gasteiger partial charge in [0.25, 0.3) is 0 Å². The minimum Gasteiger partial charge on any atom is -0.396 e. The molecule has 1 fully saturated rings. The summed E-state index contributed by atoms with van der Waals surface area (Å²) in [6.45, 7) is 0.577. The Morgan fingerprint density at radius 3 is 2.45 bits per heavy atom. The molecule has 0 saturated carbocycles. The molecule has 4 nitrogen and oxygen atoms in total. The third kappa shape index (κ3) is 3.91. The minimum atomic E-state index is -0.349. The van der Waals surface area contributed by atoms with Crippen molar-refractivity contribution in [1.29, 1.82) is 0 Å². The summed E-state index contributed by atoms with van der Waals surface area (Å²) in [5, 5.41) is 9.63. The van der Waals surface area contributed by atoms with Crippen molar-refractivity contribution in [1.82, 2.24) is 4.98 Å². The van der Waals surface area contributed by atoms with Gasteiger partial charge in [-0.3, -0.25) is 9.69 Å². The van der Waals surface area contributed by atoms with Gasteiger partial charge in [-0.05, 0) is 54.8 Å². The van der Waals surface area contributed by atoms with E-state index >= 15 is 0 Å². The normalized spacial score (nSPS) is 19.4. The van der Waals surface area contributed by atoms with E-state index in [1.54, 1.807) is 17.0 Å². The number of piperidine rings is 1. The molecule has 1 aliphatic heterocycles. The number of nitrogens with zero attached hydrogens (tertiary/aromatic N) is 2. The second kappa shape index (κ2) is 8.13. The first kappa shape index (κ1) is 19.3. The van der Waals surface area contributed by atoms with Crippen LogP contribution in [0.15, 0.2) is 72.8 Å². The van der Waals surface area contributed by atoms with Crippen LogP contribution in [0, 0.1) is 5.82 Å². The van der Waals surface area contributed by atoms with E-state index in [0.29, 0.717) is 30.9 Å². The number of benzene rings is 2. The second-order valence-corrected chi connectivity index (χ2v) is 7.48. The highest BCUT2D eigenvalue weighted by molar-refractivity contribution is 5.94. The zero-order chi connectivity index (χ0) is 20.3. The molecule has 1 aromatic heterocycles. The molecule has 1 N–H and O–H groups in total. The van der Waals surface area contributed by atoms with Crippen LogP contribution in [0.25, 0.3) is 11.3 Å². The lowest BCUT2D eigenvalue weighted by molar-refractivity contribution is -0.121. The van der Waals surface area contributed by atoms with Crippen LogP contribution in [0.4, 0.5) is 10.2 Å². The first-order valence-electron chi connectivity index (χ1n) is 9.81. The summed E-state index contributed by atoms with van der Waals surface area (Å²) in [6.07, 6.45) is 1.64. The Morgan fingerprint density at radius 2 is 1.76 bits per heavy atom. The molecule has 0 aliphatic carbocycles. The van der Waals surface area contributed by atoms with Crippen LogP contribution >= 0.6 is 0 Å². The van der Waals surface area contributed by atoms with Gasteiger partial charge in [-0.1, -0.05) is 36.4 Å². The number of hydrogen-bond donors (Lipinski definition) is 1. The number of aromatic nitrogens is 1. The molecule has 3 aromatic rings. The van der Waals surface area contributed by atoms with Crippen molar-refractivity contribution in [3.8, 4) is 11.3 Å². The van der Waals surface area contributed by atoms with Crippen molar-refractivity contribution in [2.45, 2.75) is 24.7 Å². The van der Waals surface area contributed by atoms with E-state index in [2.05, 4.69) is 4.98 Å². The van der Waals surface area contributed by atoms with Crippen LogP contribution in [0.1, 0.15) is 24.8 Å². The van der Waals surface area contributed by atoms with Crippen molar-refractivity contribution in [3.63, 3.8) is 0 Å². The third-order valence-corrected chi connectivity index (χ3v) is 5.73. The molecule has 0 unspecified atom stereocenters. The van der Waals surface area contributed by atoms with E-state index in [9.17, 15) is 14.3 Å². The van der Waals surface area contributed by atoms with Crippen molar-refractivity contribution in [2.75, 3.05) is 18.1 Å². The Bertz CT molecular complexity index is 991. The standard InChI is InChI=1S/C24H23FN2O2/c25-20-11-9-18(10-12-20)21-7-4-8-22(26-21)27-15-13-24(14-16-28,17-23(27)29)19-5-2-1-3-6-19/h1-12,28H,13-17H2/t24-/m1/s1. The number of halogens is 1. The Hall–Kier alpha value is -3.05. The van der Waals surface area contributed by atoms with Gasteiger partial charge in [-0.15, -0.1) is 0 Å². The fourth-order valence-electron chi connectivity index (χ4n) is 4.13. The molecule has 0 spiro atoms. The monoisotopic (exact) mass is 390 g/mol. The van der Waals surface area contributed by atoms with Gasteiger partial charge in [0.2, 0.25) is 5.91 Å². The summed E-state index contributed by atoms with van der Waals surface area (Å²) >= 11 is 0. The number of amides is 1. The maximum Gasteiger partial charge on any atom is 0.229 e. The molecule has 2 aromatic carbocycles. The molecule has 5 heteroatoms. The minimum absolute atomic E-state index is 0.00249. The fourth-order valence-corrected chi connectivity index (χ4v) is 4.13. The average Bonchev–Trinajstić information content (AvgIpc) is 2.75. The molecule has 2 heterocycles. The maximum absolute atomic E-state index is 13.2. The van der Waals surface area contributed by atoms with Gasteiger partial charge in [0, 0.05) is 30.6 Å². The van der Waals surface area contributed by atoms with E-state index < -0.39 is 0 Å². The highest BCUT2D eigenvalue weighted by atomic mass is 19.1. The summed E-state index contributed by atoms with van der Waals surface area (Å²) in [5.74, 6) is 0.303. The summed E-state index contributed by atoms with van der Waals surface area (Å²) in [7, 11) is 0. The fraction of sp³-hybridized carbons (Fsp3) is 0.250. The Balaban J connectivity index is 1.60. The maximum atomic E-state index is 13.2. The van der Waals surface area contributed by atoms with E-state index in [1.165, 1.54) is 12.1 Å². The predicted octanol–water partition coefficient (Wildman–Crippen LogP) is 4.33. The zero-order valence-corrected chi connectivity index (χ0v) is 16.1. The summed E-state index contributed by atoms with van der Waals surface area (Å²) in [5.41, 5.74) is 2.25. The Morgan fingerprint density at radius 1 is 1.00 bits per heavy atom. The van der Waals surface area contributed by atoms with Crippen LogP contribution in [-0.2, 0) is 10.2 Å². The quantitative estimate of drug-likeness (QED) is 0.705. The van der Waals surface area contributed by atoms with Crippen molar-refractivity contribution in [3.05, 3.63) is 84.2 Å². The molecule has 29 heavy (non-hydrogen) atoms. The Labute approximate surface area is 169 Å². The zero-order valence-electron chi connectivity index (χ0n) is 16.1.